The van der Waals surface area contributed by atoms with Gasteiger partial charge in [-0.2, -0.15) is 5.26 Å². The molecule has 11 nitrogen and oxygen atoms in total. The Morgan fingerprint density at radius 1 is 1.27 bits per heavy atom. The Bertz CT molecular complexity index is 1380. The van der Waals surface area contributed by atoms with Gasteiger partial charge in [-0.15, -0.1) is 0 Å². The highest BCUT2D eigenvalue weighted by atomic mass is 35.5. The highest BCUT2D eigenvalue weighted by Gasteiger charge is 2.41. The summed E-state index contributed by atoms with van der Waals surface area (Å²) in [6.07, 6.45) is 2.19. The number of anilines is 1. The van der Waals surface area contributed by atoms with Crippen molar-refractivity contribution in [2.24, 2.45) is 0 Å². The smallest absolute Gasteiger partial charge is 0.329 e. The molecule has 0 aliphatic carbocycles. The van der Waals surface area contributed by atoms with E-state index in [2.05, 4.69) is 16.0 Å². The minimum atomic E-state index is -0.999. The molecule has 1 fully saturated rings. The third kappa shape index (κ3) is 5.09. The summed E-state index contributed by atoms with van der Waals surface area (Å²) in [5, 5.41) is 21.1. The standard InChI is InChI=1S/C24H22ClFN6O5/c1-36-16-5-3-14(4-6-16)11-30-13-19(24(33)37-2)31(12-15(30)7-8-27)22-17-9-29-23(25)20(26)21(17)28-10-18(22)32(34)35/h3-6,9-10,15,19H,7,11-13H2,1-2H3. The molecule has 3 heterocycles. The minimum absolute atomic E-state index is 0.0179. The SMILES string of the molecule is COC(=O)C1CN(Cc2ccc(OC)cc2)C(CC#N)CN1c1c([N+](=O)[O-])cnc2c(F)c(Cl)ncc12. The molecule has 1 saturated heterocycles. The average molecular weight is 529 g/mol. The van der Waals surface area contributed by atoms with Crippen LogP contribution in [0.3, 0.4) is 0 Å². The van der Waals surface area contributed by atoms with E-state index in [1.165, 1.54) is 18.2 Å². The molecule has 2 atom stereocenters. The number of fused-ring (bicyclic) bond motifs is 1. The summed E-state index contributed by atoms with van der Waals surface area (Å²) in [7, 11) is 2.78. The number of hydrogen-bond donors (Lipinski definition) is 0. The van der Waals surface area contributed by atoms with Crippen LogP contribution in [-0.2, 0) is 16.1 Å². The van der Waals surface area contributed by atoms with E-state index < -0.39 is 39.6 Å². The van der Waals surface area contributed by atoms with Crippen LogP contribution in [0.25, 0.3) is 10.9 Å². The van der Waals surface area contributed by atoms with Crippen molar-refractivity contribution in [3.05, 3.63) is 63.3 Å². The van der Waals surface area contributed by atoms with Crippen LogP contribution < -0.4 is 9.64 Å². The Labute approximate surface area is 216 Å². The maximum absolute atomic E-state index is 14.8. The Balaban J connectivity index is 1.82. The second-order valence-electron chi connectivity index (χ2n) is 8.36. The number of carbonyl (C=O) groups excluding carboxylic acids is 1. The monoisotopic (exact) mass is 528 g/mol. The highest BCUT2D eigenvalue weighted by molar-refractivity contribution is 6.30. The highest BCUT2D eigenvalue weighted by Crippen LogP contribution is 2.39. The van der Waals surface area contributed by atoms with Crippen LogP contribution in [0.5, 0.6) is 5.75 Å². The molecule has 2 aromatic heterocycles. The fraction of sp³-hybridized carbons (Fsp3) is 0.333. The van der Waals surface area contributed by atoms with Crippen LogP contribution in [0.4, 0.5) is 15.8 Å². The van der Waals surface area contributed by atoms with Crippen molar-refractivity contribution in [3.8, 4) is 11.8 Å². The number of ether oxygens (including phenoxy) is 2. The fourth-order valence-corrected chi connectivity index (χ4v) is 4.64. The first-order chi connectivity index (χ1) is 17.8. The first-order valence-corrected chi connectivity index (χ1v) is 11.5. The van der Waals surface area contributed by atoms with E-state index in [9.17, 15) is 24.6 Å². The van der Waals surface area contributed by atoms with E-state index >= 15 is 0 Å². The van der Waals surface area contributed by atoms with Crippen LogP contribution >= 0.6 is 11.6 Å². The lowest BCUT2D eigenvalue weighted by atomic mass is 10.0. The van der Waals surface area contributed by atoms with Crippen LogP contribution in [-0.4, -0.2) is 65.2 Å². The summed E-state index contributed by atoms with van der Waals surface area (Å²) >= 11 is 5.81. The van der Waals surface area contributed by atoms with Crippen molar-refractivity contribution < 1.29 is 23.6 Å². The average Bonchev–Trinajstić information content (AvgIpc) is 2.91. The largest absolute Gasteiger partial charge is 0.497 e. The molecule has 0 amide bonds. The second kappa shape index (κ2) is 10.9. The molecule has 0 radical (unpaired) electrons. The predicted molar refractivity (Wildman–Crippen MR) is 132 cm³/mol. The Morgan fingerprint density at radius 2 is 2.00 bits per heavy atom. The number of nitro groups is 1. The van der Waals surface area contributed by atoms with E-state index in [-0.39, 0.29) is 36.1 Å². The van der Waals surface area contributed by atoms with Crippen molar-refractivity contribution in [2.45, 2.75) is 25.0 Å². The van der Waals surface area contributed by atoms with Crippen molar-refractivity contribution in [3.63, 3.8) is 0 Å². The van der Waals surface area contributed by atoms with Crippen LogP contribution in [0.2, 0.25) is 5.15 Å². The lowest BCUT2D eigenvalue weighted by molar-refractivity contribution is -0.384. The molecule has 1 aromatic carbocycles. The molecule has 4 rings (SSSR count). The van der Waals surface area contributed by atoms with E-state index in [1.54, 1.807) is 7.11 Å². The normalized spacial score (nSPS) is 17.9. The molecule has 1 aliphatic rings. The van der Waals surface area contributed by atoms with Crippen molar-refractivity contribution >= 4 is 39.8 Å². The van der Waals surface area contributed by atoms with Gasteiger partial charge in [0.25, 0.3) is 0 Å². The molecule has 0 spiro atoms. The van der Waals surface area contributed by atoms with Crippen LogP contribution in [0, 0.1) is 27.3 Å². The van der Waals surface area contributed by atoms with Gasteiger partial charge in [-0.25, -0.2) is 19.2 Å². The van der Waals surface area contributed by atoms with Gasteiger partial charge in [0, 0.05) is 31.9 Å². The Hall–Kier alpha value is -4.08. The third-order valence-corrected chi connectivity index (χ3v) is 6.56. The first kappa shape index (κ1) is 26.0. The summed E-state index contributed by atoms with van der Waals surface area (Å²) in [4.78, 5) is 35.4. The lowest BCUT2D eigenvalue weighted by Gasteiger charge is -2.45. The number of piperazine rings is 1. The van der Waals surface area contributed by atoms with Gasteiger partial charge < -0.3 is 14.4 Å². The molecule has 192 valence electrons. The summed E-state index contributed by atoms with van der Waals surface area (Å²) in [6, 6.07) is 8.10. The molecule has 13 heteroatoms. The molecular formula is C24H22ClFN6O5. The van der Waals surface area contributed by atoms with Gasteiger partial charge in [0.1, 0.15) is 29.2 Å². The van der Waals surface area contributed by atoms with Gasteiger partial charge >= 0.3 is 11.7 Å². The van der Waals surface area contributed by atoms with Crippen LogP contribution in [0.15, 0.2) is 36.7 Å². The maximum atomic E-state index is 14.8. The number of aromatic nitrogens is 2. The van der Waals surface area contributed by atoms with Gasteiger partial charge in [0.05, 0.1) is 37.0 Å². The predicted octanol–water partition coefficient (Wildman–Crippen LogP) is 3.49. The van der Waals surface area contributed by atoms with E-state index in [0.29, 0.717) is 12.3 Å². The van der Waals surface area contributed by atoms with E-state index in [0.717, 1.165) is 11.8 Å². The van der Waals surface area contributed by atoms with Gasteiger partial charge in [-0.1, -0.05) is 23.7 Å². The second-order valence-corrected chi connectivity index (χ2v) is 8.72. The molecule has 0 N–H and O–H groups in total. The molecular weight excluding hydrogens is 507 g/mol. The van der Waals surface area contributed by atoms with Crippen molar-refractivity contribution in [2.75, 3.05) is 32.2 Å². The number of hydrogen-bond acceptors (Lipinski definition) is 10. The number of esters is 1. The molecule has 0 saturated carbocycles. The molecule has 0 bridgehead atoms. The summed E-state index contributed by atoms with van der Waals surface area (Å²) < 4.78 is 25.0. The van der Waals surface area contributed by atoms with Gasteiger partial charge in [0.2, 0.25) is 0 Å². The lowest BCUT2D eigenvalue weighted by Crippen LogP contribution is -2.61. The number of nitrogens with zero attached hydrogens (tertiary/aromatic N) is 6. The summed E-state index contributed by atoms with van der Waals surface area (Å²) in [5.41, 5.74) is 0.216. The molecule has 1 aliphatic heterocycles. The summed E-state index contributed by atoms with van der Waals surface area (Å²) in [5.74, 6) is -0.888. The van der Waals surface area contributed by atoms with Crippen LogP contribution in [0.1, 0.15) is 12.0 Å². The van der Waals surface area contributed by atoms with Crippen molar-refractivity contribution in [1.82, 2.24) is 14.9 Å². The van der Waals surface area contributed by atoms with Crippen molar-refractivity contribution in [1.29, 1.82) is 5.26 Å². The Morgan fingerprint density at radius 3 is 2.62 bits per heavy atom. The topological polar surface area (TPSA) is 135 Å². The number of halogens is 2. The number of benzene rings is 1. The molecule has 2 unspecified atom stereocenters. The number of nitriles is 1. The summed E-state index contributed by atoms with van der Waals surface area (Å²) in [6.45, 7) is 0.547. The number of rotatable bonds is 7. The van der Waals surface area contributed by atoms with E-state index in [1.807, 2.05) is 29.2 Å². The number of pyridine rings is 2. The third-order valence-electron chi connectivity index (χ3n) is 6.30. The fourth-order valence-electron chi connectivity index (χ4n) is 4.50. The quantitative estimate of drug-likeness (QED) is 0.194. The molecule has 37 heavy (non-hydrogen) atoms. The minimum Gasteiger partial charge on any atom is -0.497 e. The first-order valence-electron chi connectivity index (χ1n) is 11.1. The number of carbonyl (C=O) groups is 1. The van der Waals surface area contributed by atoms with Gasteiger partial charge in [-0.3, -0.25) is 15.0 Å². The zero-order chi connectivity index (χ0) is 26.7. The van der Waals surface area contributed by atoms with Gasteiger partial charge in [-0.05, 0) is 17.7 Å². The maximum Gasteiger partial charge on any atom is 0.329 e. The van der Waals surface area contributed by atoms with Gasteiger partial charge in [0.15, 0.2) is 11.0 Å². The number of methoxy groups -OCH3 is 2. The zero-order valence-corrected chi connectivity index (χ0v) is 20.7. The van der Waals surface area contributed by atoms with E-state index in [4.69, 9.17) is 21.1 Å². The zero-order valence-electron chi connectivity index (χ0n) is 19.9. The Kier molecular flexibility index (Phi) is 7.66. The molecule has 3 aromatic rings.